The second-order valence-electron chi connectivity index (χ2n) is 6.92. The van der Waals surface area contributed by atoms with Crippen molar-refractivity contribution in [2.75, 3.05) is 36.0 Å². The molecule has 1 atom stereocenters. The average molecular weight is 425 g/mol. The fourth-order valence-corrected chi connectivity index (χ4v) is 4.91. The molecule has 12 heteroatoms. The predicted octanol–water partition coefficient (Wildman–Crippen LogP) is 0.718. The maximum Gasteiger partial charge on any atom is 0.326 e. The first-order chi connectivity index (χ1) is 13.8. The summed E-state index contributed by atoms with van der Waals surface area (Å²) in [6.07, 6.45) is 1.95. The van der Waals surface area contributed by atoms with Crippen molar-refractivity contribution in [3.63, 3.8) is 0 Å². The number of benzene rings is 1. The Balaban J connectivity index is 1.71. The minimum Gasteiger partial charge on any atom is -0.506 e. The van der Waals surface area contributed by atoms with Crippen LogP contribution >= 0.6 is 0 Å². The first-order valence-corrected chi connectivity index (χ1v) is 10.4. The van der Waals surface area contributed by atoms with Gasteiger partial charge in [-0.3, -0.25) is 9.89 Å². The van der Waals surface area contributed by atoms with Gasteiger partial charge in [-0.05, 0) is 25.0 Å². The molecule has 2 aromatic rings. The minimum atomic E-state index is -4.27. The average Bonchev–Trinajstić information content (AvgIpc) is 3.35. The van der Waals surface area contributed by atoms with Gasteiger partial charge < -0.3 is 14.7 Å². The molecule has 156 valence electrons. The number of phenols is 1. The molecule has 0 bridgehead atoms. The van der Waals surface area contributed by atoms with Crippen LogP contribution in [-0.4, -0.2) is 62.5 Å². The van der Waals surface area contributed by atoms with Gasteiger partial charge in [0.25, 0.3) is 5.91 Å². The predicted molar refractivity (Wildman–Crippen MR) is 102 cm³/mol. The number of amides is 1. The molecule has 0 aliphatic carbocycles. The highest BCUT2D eigenvalue weighted by atomic mass is 32.2. The molecule has 0 spiro atoms. The summed E-state index contributed by atoms with van der Waals surface area (Å²) in [7, 11) is -2.64. The summed E-state index contributed by atoms with van der Waals surface area (Å²) in [6, 6.07) is 4.33. The number of anilines is 2. The van der Waals surface area contributed by atoms with Crippen LogP contribution in [0.3, 0.4) is 0 Å². The molecule has 2 fully saturated rings. The lowest BCUT2D eigenvalue weighted by Crippen LogP contribution is -2.32. The van der Waals surface area contributed by atoms with Crippen molar-refractivity contribution in [2.45, 2.75) is 18.9 Å². The van der Waals surface area contributed by atoms with Crippen molar-refractivity contribution in [2.24, 2.45) is 0 Å². The third-order valence-electron chi connectivity index (χ3n) is 5.05. The summed E-state index contributed by atoms with van der Waals surface area (Å²) in [5, 5.41) is 17.1. The smallest absolute Gasteiger partial charge is 0.326 e. The van der Waals surface area contributed by atoms with E-state index < -0.39 is 39.9 Å². The number of hydrogen-bond donors (Lipinski definition) is 3. The number of aromatic hydroxyl groups is 1. The second kappa shape index (κ2) is 7.19. The lowest BCUT2D eigenvalue weighted by Gasteiger charge is -2.23. The first-order valence-electron chi connectivity index (χ1n) is 8.98. The van der Waals surface area contributed by atoms with E-state index in [4.69, 9.17) is 4.74 Å². The van der Waals surface area contributed by atoms with E-state index in [0.29, 0.717) is 22.4 Å². The van der Waals surface area contributed by atoms with Crippen LogP contribution in [0.4, 0.5) is 15.9 Å². The van der Waals surface area contributed by atoms with Gasteiger partial charge in [0.15, 0.2) is 11.6 Å². The maximum absolute atomic E-state index is 15.2. The highest BCUT2D eigenvalue weighted by Gasteiger charge is 2.38. The monoisotopic (exact) mass is 425 g/mol. The van der Waals surface area contributed by atoms with Crippen LogP contribution in [-0.2, 0) is 19.7 Å². The van der Waals surface area contributed by atoms with E-state index in [1.807, 2.05) is 0 Å². The Hall–Kier alpha value is -2.86. The number of halogens is 1. The molecule has 2 saturated heterocycles. The molecule has 3 heterocycles. The topological polar surface area (TPSA) is 128 Å². The summed E-state index contributed by atoms with van der Waals surface area (Å²) in [4.78, 5) is 13.6. The quantitative estimate of drug-likeness (QED) is 0.644. The number of nitrogens with zero attached hydrogens (tertiary/aromatic N) is 3. The fraction of sp³-hybridized carbons (Fsp3) is 0.412. The van der Waals surface area contributed by atoms with Gasteiger partial charge in [-0.2, -0.15) is 13.5 Å². The molecule has 0 radical (unpaired) electrons. The van der Waals surface area contributed by atoms with Gasteiger partial charge in [-0.25, -0.2) is 13.4 Å². The number of H-pyrrole nitrogens is 1. The van der Waals surface area contributed by atoms with Gasteiger partial charge in [0, 0.05) is 25.3 Å². The van der Waals surface area contributed by atoms with Crippen molar-refractivity contribution < 1.29 is 27.4 Å². The fourth-order valence-electron chi connectivity index (χ4n) is 3.74. The largest absolute Gasteiger partial charge is 0.506 e. The number of rotatable bonds is 5. The van der Waals surface area contributed by atoms with E-state index in [2.05, 4.69) is 15.1 Å². The number of aromatic nitrogens is 2. The molecule has 3 N–H and O–H groups in total. The highest BCUT2D eigenvalue weighted by molar-refractivity contribution is 7.92. The molecule has 1 aromatic carbocycles. The van der Waals surface area contributed by atoms with Crippen LogP contribution in [0.5, 0.6) is 5.75 Å². The zero-order chi connectivity index (χ0) is 20.8. The molecule has 29 heavy (non-hydrogen) atoms. The Morgan fingerprint density at radius 3 is 2.90 bits per heavy atom. The molecule has 2 aliphatic rings. The molecule has 2 aliphatic heterocycles. The van der Waals surface area contributed by atoms with Crippen LogP contribution in [0, 0.1) is 5.82 Å². The van der Waals surface area contributed by atoms with Crippen molar-refractivity contribution in [3.05, 3.63) is 24.0 Å². The number of phenolic OH excluding ortho intramolecular Hbond substituents is 1. The van der Waals surface area contributed by atoms with Crippen molar-refractivity contribution in [1.29, 1.82) is 0 Å². The SMILES string of the molecule is COCC1CCCN1c1cc(-c2ccc(O)c(N3CC(=O)NS3(=O)=O)c2F)[nH]n1. The zero-order valence-electron chi connectivity index (χ0n) is 15.6. The van der Waals surface area contributed by atoms with E-state index in [0.717, 1.165) is 19.4 Å². The summed E-state index contributed by atoms with van der Waals surface area (Å²) in [5.74, 6) is -1.75. The number of carbonyl (C=O) groups is 1. The molecule has 1 aromatic heterocycles. The summed E-state index contributed by atoms with van der Waals surface area (Å²) < 4.78 is 46.9. The molecular weight excluding hydrogens is 405 g/mol. The Labute approximate surface area is 166 Å². The van der Waals surface area contributed by atoms with Gasteiger partial charge in [-0.15, -0.1) is 0 Å². The number of hydrogen-bond acceptors (Lipinski definition) is 7. The molecule has 4 rings (SSSR count). The van der Waals surface area contributed by atoms with Crippen LogP contribution in [0.2, 0.25) is 0 Å². The van der Waals surface area contributed by atoms with Crippen LogP contribution < -0.4 is 13.9 Å². The minimum absolute atomic E-state index is 0.0218. The second-order valence-corrected chi connectivity index (χ2v) is 8.51. The Morgan fingerprint density at radius 1 is 1.41 bits per heavy atom. The summed E-state index contributed by atoms with van der Waals surface area (Å²) in [5.41, 5.74) is -0.248. The number of ether oxygens (including phenoxy) is 1. The third kappa shape index (κ3) is 3.38. The Bertz CT molecular complexity index is 1060. The third-order valence-corrected chi connectivity index (χ3v) is 6.43. The Kier molecular flexibility index (Phi) is 4.82. The van der Waals surface area contributed by atoms with Gasteiger partial charge >= 0.3 is 10.2 Å². The lowest BCUT2D eigenvalue weighted by molar-refractivity contribution is -0.117. The van der Waals surface area contributed by atoms with Crippen molar-refractivity contribution in [3.8, 4) is 17.0 Å². The van der Waals surface area contributed by atoms with Crippen molar-refractivity contribution >= 4 is 27.6 Å². The molecular formula is C17H20FN5O5S. The van der Waals surface area contributed by atoms with Crippen LogP contribution in [0.25, 0.3) is 11.3 Å². The van der Waals surface area contributed by atoms with E-state index >= 15 is 4.39 Å². The van der Waals surface area contributed by atoms with Gasteiger partial charge in [-0.1, -0.05) is 0 Å². The number of methoxy groups -OCH3 is 1. The number of aromatic amines is 1. The number of carbonyl (C=O) groups excluding carboxylic acids is 1. The molecule has 1 unspecified atom stereocenters. The van der Waals surface area contributed by atoms with E-state index in [9.17, 15) is 18.3 Å². The van der Waals surface area contributed by atoms with Gasteiger partial charge in [0.05, 0.1) is 18.3 Å². The number of nitrogens with one attached hydrogen (secondary N) is 2. The molecule has 0 saturated carbocycles. The van der Waals surface area contributed by atoms with Crippen LogP contribution in [0.1, 0.15) is 12.8 Å². The molecule has 1 amide bonds. The van der Waals surface area contributed by atoms with Gasteiger partial charge in [0.2, 0.25) is 0 Å². The van der Waals surface area contributed by atoms with E-state index in [-0.39, 0.29) is 11.6 Å². The Morgan fingerprint density at radius 2 is 2.21 bits per heavy atom. The standard InChI is InChI=1S/C17H20FN5O5S/c1-28-9-10-3-2-6-22(10)14-7-12(19-20-14)11-4-5-13(24)17(16(11)18)23-8-15(25)21-29(23,26)27/h4-5,7,10,24H,2-3,6,8-9H2,1H3,(H,19,20)(H,21,25). The zero-order valence-corrected chi connectivity index (χ0v) is 16.4. The normalized spacial score (nSPS) is 21.0. The van der Waals surface area contributed by atoms with E-state index in [1.165, 1.54) is 12.1 Å². The first kappa shape index (κ1) is 19.5. The van der Waals surface area contributed by atoms with Gasteiger partial charge in [0.1, 0.15) is 18.0 Å². The summed E-state index contributed by atoms with van der Waals surface area (Å²) >= 11 is 0. The van der Waals surface area contributed by atoms with Crippen LogP contribution in [0.15, 0.2) is 18.2 Å². The highest BCUT2D eigenvalue weighted by Crippen LogP contribution is 2.39. The molecule has 10 nitrogen and oxygen atoms in total. The van der Waals surface area contributed by atoms with E-state index in [1.54, 1.807) is 17.9 Å². The lowest BCUT2D eigenvalue weighted by atomic mass is 10.1. The maximum atomic E-state index is 15.2. The van der Waals surface area contributed by atoms with Crippen molar-refractivity contribution in [1.82, 2.24) is 14.9 Å². The summed E-state index contributed by atoms with van der Waals surface area (Å²) in [6.45, 7) is 0.728.